The number of halogens is 2. The monoisotopic (exact) mass is 479 g/mol. The van der Waals surface area contributed by atoms with Crippen LogP contribution < -0.4 is 4.72 Å². The lowest BCUT2D eigenvalue weighted by atomic mass is 10.0. The van der Waals surface area contributed by atoms with Crippen molar-refractivity contribution in [2.45, 2.75) is 13.1 Å². The van der Waals surface area contributed by atoms with E-state index in [1.165, 1.54) is 0 Å². The number of aliphatic imine (C=N–C) groups is 1. The van der Waals surface area contributed by atoms with Gasteiger partial charge in [0.05, 0.1) is 24.2 Å². The van der Waals surface area contributed by atoms with Gasteiger partial charge >= 0.3 is 0 Å². The summed E-state index contributed by atoms with van der Waals surface area (Å²) in [6.45, 7) is 0.321. The van der Waals surface area contributed by atoms with Crippen molar-refractivity contribution >= 4 is 43.3 Å². The molecule has 0 saturated carbocycles. The Bertz CT molecular complexity index is 1210. The van der Waals surface area contributed by atoms with Crippen molar-refractivity contribution in [3.8, 4) is 5.69 Å². The summed E-state index contributed by atoms with van der Waals surface area (Å²) in [5, 5.41) is 8.97. The van der Waals surface area contributed by atoms with E-state index in [9.17, 15) is 8.42 Å². The van der Waals surface area contributed by atoms with E-state index in [1.807, 2.05) is 47.0 Å². The number of aromatic nitrogens is 3. The first-order valence-corrected chi connectivity index (χ1v) is 11.4. The maximum Gasteiger partial charge on any atom is 0.209 e. The minimum absolute atomic E-state index is 0.0305. The van der Waals surface area contributed by atoms with Gasteiger partial charge in [-0.3, -0.25) is 9.56 Å². The molecule has 7 nitrogen and oxygen atoms in total. The molecule has 0 aliphatic carbocycles. The largest absolute Gasteiger partial charge is 0.280 e. The first kappa shape index (κ1) is 19.3. The Balaban J connectivity index is 1.89. The Morgan fingerprint density at radius 3 is 2.71 bits per heavy atom. The third-order valence-corrected chi connectivity index (χ3v) is 5.74. The highest BCUT2D eigenvalue weighted by Crippen LogP contribution is 2.30. The fourth-order valence-corrected chi connectivity index (χ4v) is 4.03. The molecule has 1 aromatic heterocycles. The van der Waals surface area contributed by atoms with Crippen LogP contribution in [0.2, 0.25) is 5.02 Å². The Labute approximate surface area is 175 Å². The zero-order chi connectivity index (χ0) is 19.9. The van der Waals surface area contributed by atoms with Gasteiger partial charge in [0, 0.05) is 20.6 Å². The molecule has 4 rings (SSSR count). The van der Waals surface area contributed by atoms with Crippen LogP contribution in [0, 0.1) is 0 Å². The average molecular weight is 481 g/mol. The molecule has 0 bridgehead atoms. The van der Waals surface area contributed by atoms with E-state index >= 15 is 0 Å². The summed E-state index contributed by atoms with van der Waals surface area (Å²) in [6, 6.07) is 13.3. The third kappa shape index (κ3) is 3.75. The molecule has 3 aromatic rings. The molecule has 1 N–H and O–H groups in total. The van der Waals surface area contributed by atoms with E-state index in [1.54, 1.807) is 0 Å². The predicted octanol–water partition coefficient (Wildman–Crippen LogP) is 3.08. The van der Waals surface area contributed by atoms with Crippen LogP contribution in [-0.4, -0.2) is 35.1 Å². The number of sulfonamides is 1. The van der Waals surface area contributed by atoms with Gasteiger partial charge in [-0.2, -0.15) is 0 Å². The highest BCUT2D eigenvalue weighted by molar-refractivity contribution is 9.10. The van der Waals surface area contributed by atoms with E-state index in [0.717, 1.165) is 33.3 Å². The lowest BCUT2D eigenvalue weighted by molar-refractivity contribution is 0.584. The van der Waals surface area contributed by atoms with Gasteiger partial charge in [-0.15, -0.1) is 10.2 Å². The number of fused-ring (bicyclic) bond motifs is 3. The summed E-state index contributed by atoms with van der Waals surface area (Å²) in [5.74, 6) is 1.11. The van der Waals surface area contributed by atoms with Crippen LogP contribution >= 0.6 is 27.5 Å². The van der Waals surface area contributed by atoms with Gasteiger partial charge in [-0.1, -0.05) is 45.7 Å². The second-order valence-electron chi connectivity index (χ2n) is 6.27. The molecule has 0 fully saturated rings. The van der Waals surface area contributed by atoms with Crippen LogP contribution in [0.4, 0.5) is 0 Å². The van der Waals surface area contributed by atoms with Gasteiger partial charge in [-0.25, -0.2) is 13.1 Å². The molecule has 28 heavy (non-hydrogen) atoms. The zero-order valence-corrected chi connectivity index (χ0v) is 17.9. The molecule has 0 amide bonds. The molecule has 0 saturated heterocycles. The smallest absolute Gasteiger partial charge is 0.209 e. The fraction of sp³-hybridized carbons (Fsp3) is 0.167. The van der Waals surface area contributed by atoms with Crippen molar-refractivity contribution < 1.29 is 8.42 Å². The summed E-state index contributed by atoms with van der Waals surface area (Å²) in [6.07, 6.45) is 1.11. The maximum atomic E-state index is 11.5. The van der Waals surface area contributed by atoms with Crippen LogP contribution in [-0.2, 0) is 23.1 Å². The zero-order valence-electron chi connectivity index (χ0n) is 14.7. The standard InChI is InChI=1S/C18H15BrClN5O2S/c1-28(26,27)22-10-17-24-23-16-9-21-18(12-4-2-3-5-14(12)20)13-8-11(19)6-7-15(13)25(16)17/h2-8,22H,9-10H2,1H3. The van der Waals surface area contributed by atoms with Crippen molar-refractivity contribution in [3.05, 3.63) is 74.7 Å². The van der Waals surface area contributed by atoms with Crippen molar-refractivity contribution in [2.24, 2.45) is 4.99 Å². The Kier molecular flexibility index (Phi) is 5.09. The van der Waals surface area contributed by atoms with E-state index in [0.29, 0.717) is 23.2 Å². The highest BCUT2D eigenvalue weighted by Gasteiger charge is 2.24. The number of benzene rings is 2. The number of hydrogen-bond acceptors (Lipinski definition) is 5. The van der Waals surface area contributed by atoms with Crippen LogP contribution in [0.25, 0.3) is 5.69 Å². The minimum atomic E-state index is -3.36. The summed E-state index contributed by atoms with van der Waals surface area (Å²) in [5.41, 5.74) is 3.22. The van der Waals surface area contributed by atoms with E-state index in [2.05, 4.69) is 30.8 Å². The lowest BCUT2D eigenvalue weighted by Crippen LogP contribution is -2.23. The van der Waals surface area contributed by atoms with Gasteiger partial charge in [0.1, 0.15) is 6.54 Å². The lowest BCUT2D eigenvalue weighted by Gasteiger charge is -2.14. The first-order valence-electron chi connectivity index (χ1n) is 8.31. The van der Waals surface area contributed by atoms with Crippen molar-refractivity contribution in [2.75, 3.05) is 6.26 Å². The molecule has 2 heterocycles. The molecule has 144 valence electrons. The minimum Gasteiger partial charge on any atom is -0.280 e. The number of nitrogens with zero attached hydrogens (tertiary/aromatic N) is 4. The van der Waals surface area contributed by atoms with Crippen molar-refractivity contribution in [1.82, 2.24) is 19.5 Å². The van der Waals surface area contributed by atoms with Gasteiger partial charge < -0.3 is 0 Å². The number of hydrogen-bond donors (Lipinski definition) is 1. The Morgan fingerprint density at radius 1 is 1.18 bits per heavy atom. The van der Waals surface area contributed by atoms with Crippen molar-refractivity contribution in [1.29, 1.82) is 0 Å². The molecule has 10 heteroatoms. The van der Waals surface area contributed by atoms with Gasteiger partial charge in [-0.05, 0) is 24.3 Å². The summed E-state index contributed by atoms with van der Waals surface area (Å²) in [7, 11) is -3.36. The predicted molar refractivity (Wildman–Crippen MR) is 112 cm³/mol. The van der Waals surface area contributed by atoms with Crippen LogP contribution in [0.5, 0.6) is 0 Å². The van der Waals surface area contributed by atoms with Crippen LogP contribution in [0.15, 0.2) is 51.9 Å². The van der Waals surface area contributed by atoms with Gasteiger partial charge in [0.25, 0.3) is 0 Å². The summed E-state index contributed by atoms with van der Waals surface area (Å²) >= 11 is 9.95. The Hall–Kier alpha value is -2.07. The van der Waals surface area contributed by atoms with E-state index in [4.69, 9.17) is 16.6 Å². The highest BCUT2D eigenvalue weighted by atomic mass is 79.9. The molecule has 0 atom stereocenters. The van der Waals surface area contributed by atoms with E-state index in [-0.39, 0.29) is 6.54 Å². The molecule has 1 aliphatic rings. The molecule has 0 unspecified atom stereocenters. The normalized spacial score (nSPS) is 13.5. The van der Waals surface area contributed by atoms with Crippen molar-refractivity contribution in [3.63, 3.8) is 0 Å². The molecule has 1 aliphatic heterocycles. The fourth-order valence-electron chi connectivity index (χ4n) is 3.06. The number of rotatable bonds is 4. The molecule has 0 spiro atoms. The number of nitrogens with one attached hydrogen (secondary N) is 1. The second kappa shape index (κ2) is 7.40. The molecule has 2 aromatic carbocycles. The first-order chi connectivity index (χ1) is 13.3. The van der Waals surface area contributed by atoms with Crippen LogP contribution in [0.1, 0.15) is 22.8 Å². The summed E-state index contributed by atoms with van der Waals surface area (Å²) < 4.78 is 28.2. The second-order valence-corrected chi connectivity index (χ2v) is 9.42. The topological polar surface area (TPSA) is 89.2 Å². The van der Waals surface area contributed by atoms with Crippen LogP contribution in [0.3, 0.4) is 0 Å². The average Bonchev–Trinajstić information content (AvgIpc) is 2.97. The SMILES string of the molecule is CS(=O)(=O)NCc1nnc2n1-c1ccc(Br)cc1C(c1ccccc1Cl)=NC2. The van der Waals surface area contributed by atoms with E-state index < -0.39 is 10.0 Å². The molecular weight excluding hydrogens is 466 g/mol. The third-order valence-electron chi connectivity index (χ3n) is 4.25. The van der Waals surface area contributed by atoms with Gasteiger partial charge in [0.15, 0.2) is 11.6 Å². The Morgan fingerprint density at radius 2 is 1.96 bits per heavy atom. The summed E-state index contributed by atoms with van der Waals surface area (Å²) in [4.78, 5) is 4.75. The maximum absolute atomic E-state index is 11.5. The molecule has 0 radical (unpaired) electrons. The van der Waals surface area contributed by atoms with Gasteiger partial charge in [0.2, 0.25) is 10.0 Å². The molecular formula is C18H15BrClN5O2S. The quantitative estimate of drug-likeness (QED) is 0.621.